The highest BCUT2D eigenvalue weighted by Crippen LogP contribution is 2.41. The fourth-order valence-corrected chi connectivity index (χ4v) is 7.05. The van der Waals surface area contributed by atoms with Crippen LogP contribution in [0.4, 0.5) is 0 Å². The van der Waals surface area contributed by atoms with Crippen molar-refractivity contribution in [3.63, 3.8) is 0 Å². The molecule has 1 fully saturated rings. The van der Waals surface area contributed by atoms with E-state index >= 15 is 0 Å². The maximum Gasteiger partial charge on any atom is 0.233 e. The third kappa shape index (κ3) is 4.07. The van der Waals surface area contributed by atoms with Gasteiger partial charge in [0, 0.05) is 29.6 Å². The fourth-order valence-electron chi connectivity index (χ4n) is 4.16. The number of likely N-dealkylation sites (tertiary alicyclic amines) is 1. The second-order valence-electron chi connectivity index (χ2n) is 8.99. The van der Waals surface area contributed by atoms with Gasteiger partial charge in [0.25, 0.3) is 0 Å². The largest absolute Gasteiger partial charge is 0.370 e. The Kier molecular flexibility index (Phi) is 5.69. The van der Waals surface area contributed by atoms with E-state index in [4.69, 9.17) is 9.72 Å². The third-order valence-corrected chi connectivity index (χ3v) is 8.61. The molecule has 0 spiro atoms. The standard InChI is InChI=1S/C21H27N5O2S3/c1-12(2)30-19-22-18-16(13-9-21(3,4)28-10-14(13)31-18)17-23-24-20(26(17)19)29-11-15(27)25-7-5-6-8-25/h12H,5-11H2,1-4H3. The molecule has 0 N–H and O–H groups in total. The Morgan fingerprint density at radius 1 is 1.23 bits per heavy atom. The molecule has 1 saturated heterocycles. The van der Waals surface area contributed by atoms with Crippen molar-refractivity contribution in [2.24, 2.45) is 0 Å². The summed E-state index contributed by atoms with van der Waals surface area (Å²) in [7, 11) is 0. The number of amides is 1. The minimum absolute atomic E-state index is 0.179. The van der Waals surface area contributed by atoms with Crippen LogP contribution in [-0.4, -0.2) is 60.1 Å². The van der Waals surface area contributed by atoms with Crippen molar-refractivity contribution in [3.05, 3.63) is 10.4 Å². The number of nitrogens with zero attached hydrogens (tertiary/aromatic N) is 5. The molecular weight excluding hydrogens is 450 g/mol. The number of carbonyl (C=O) groups excluding carboxylic acids is 1. The number of ether oxygens (including phenoxy) is 1. The Balaban J connectivity index is 1.58. The summed E-state index contributed by atoms with van der Waals surface area (Å²) >= 11 is 4.87. The molecule has 5 heterocycles. The molecule has 3 aromatic rings. The van der Waals surface area contributed by atoms with E-state index < -0.39 is 0 Å². The van der Waals surface area contributed by atoms with Crippen LogP contribution in [0.15, 0.2) is 10.3 Å². The van der Waals surface area contributed by atoms with Gasteiger partial charge in [0.1, 0.15) is 4.83 Å². The topological polar surface area (TPSA) is 72.6 Å². The second-order valence-corrected chi connectivity index (χ2v) is 12.6. The van der Waals surface area contributed by atoms with Crippen molar-refractivity contribution in [3.8, 4) is 0 Å². The smallest absolute Gasteiger partial charge is 0.233 e. The summed E-state index contributed by atoms with van der Waals surface area (Å²) in [5, 5.41) is 12.2. The van der Waals surface area contributed by atoms with Gasteiger partial charge in [-0.05, 0) is 32.3 Å². The highest BCUT2D eigenvalue weighted by Gasteiger charge is 2.32. The summed E-state index contributed by atoms with van der Waals surface area (Å²) in [6.07, 6.45) is 3.04. The number of thiophene rings is 1. The van der Waals surface area contributed by atoms with E-state index in [0.717, 1.165) is 58.5 Å². The van der Waals surface area contributed by atoms with Crippen LogP contribution < -0.4 is 0 Å². The molecule has 0 aromatic carbocycles. The Morgan fingerprint density at radius 3 is 2.74 bits per heavy atom. The quantitative estimate of drug-likeness (QED) is 0.398. The molecule has 0 bridgehead atoms. The average molecular weight is 478 g/mol. The SMILES string of the molecule is CC(C)Sc1nc2sc3c(c2c2nnc(SCC(=O)N4CCCC4)n12)CC(C)(C)OC3. The molecule has 1 amide bonds. The van der Waals surface area contributed by atoms with E-state index in [9.17, 15) is 4.79 Å². The zero-order valence-corrected chi connectivity index (χ0v) is 20.8. The number of hydrogen-bond acceptors (Lipinski definition) is 8. The highest BCUT2D eigenvalue weighted by molar-refractivity contribution is 8.00. The second kappa shape index (κ2) is 8.20. The van der Waals surface area contributed by atoms with Crippen molar-refractivity contribution >= 4 is 56.6 Å². The van der Waals surface area contributed by atoms with Gasteiger partial charge in [0.2, 0.25) is 5.91 Å². The molecule has 2 aliphatic rings. The molecule has 0 aliphatic carbocycles. The van der Waals surface area contributed by atoms with E-state index in [-0.39, 0.29) is 11.5 Å². The van der Waals surface area contributed by atoms with Crippen LogP contribution in [0.3, 0.4) is 0 Å². The van der Waals surface area contributed by atoms with Crippen LogP contribution in [0.5, 0.6) is 0 Å². The van der Waals surface area contributed by atoms with Crippen LogP contribution in [0.1, 0.15) is 51.0 Å². The molecule has 10 heteroatoms. The molecule has 0 atom stereocenters. The molecule has 3 aromatic heterocycles. The number of carbonyl (C=O) groups is 1. The first kappa shape index (κ1) is 21.5. The molecule has 7 nitrogen and oxygen atoms in total. The maximum atomic E-state index is 12.6. The third-order valence-electron chi connectivity index (χ3n) is 5.64. The Labute approximate surface area is 194 Å². The van der Waals surface area contributed by atoms with Crippen LogP contribution in [0, 0.1) is 0 Å². The summed E-state index contributed by atoms with van der Waals surface area (Å²) in [6, 6.07) is 0. The molecule has 2 aliphatic heterocycles. The lowest BCUT2D eigenvalue weighted by molar-refractivity contribution is -0.127. The minimum Gasteiger partial charge on any atom is -0.370 e. The van der Waals surface area contributed by atoms with Gasteiger partial charge in [-0.3, -0.25) is 4.79 Å². The lowest BCUT2D eigenvalue weighted by Crippen LogP contribution is -2.31. The first-order chi connectivity index (χ1) is 14.8. The summed E-state index contributed by atoms with van der Waals surface area (Å²) in [4.78, 5) is 21.8. The Morgan fingerprint density at radius 2 is 2.00 bits per heavy atom. The fraction of sp³-hybridized carbons (Fsp3) is 0.619. The van der Waals surface area contributed by atoms with Crippen LogP contribution in [0.2, 0.25) is 0 Å². The van der Waals surface area contributed by atoms with Gasteiger partial charge in [0.15, 0.2) is 16.0 Å². The molecule has 5 rings (SSSR count). The first-order valence-corrected chi connectivity index (χ1v) is 13.4. The van der Waals surface area contributed by atoms with E-state index in [1.54, 1.807) is 23.1 Å². The van der Waals surface area contributed by atoms with E-state index in [0.29, 0.717) is 17.6 Å². The van der Waals surface area contributed by atoms with Crippen molar-refractivity contribution < 1.29 is 9.53 Å². The van der Waals surface area contributed by atoms with Crippen molar-refractivity contribution in [2.75, 3.05) is 18.8 Å². The lowest BCUT2D eigenvalue weighted by atomic mass is 9.94. The Bertz CT molecular complexity index is 1150. The number of fused-ring (bicyclic) bond motifs is 5. The number of thioether (sulfide) groups is 2. The van der Waals surface area contributed by atoms with E-state index in [1.807, 2.05) is 4.90 Å². The average Bonchev–Trinajstić information content (AvgIpc) is 3.43. The highest BCUT2D eigenvalue weighted by atomic mass is 32.2. The summed E-state index contributed by atoms with van der Waals surface area (Å²) in [6.45, 7) is 10.9. The van der Waals surface area contributed by atoms with Crippen molar-refractivity contribution in [1.82, 2.24) is 24.5 Å². The summed E-state index contributed by atoms with van der Waals surface area (Å²) in [5.74, 6) is 0.561. The van der Waals surface area contributed by atoms with E-state index in [1.165, 1.54) is 22.2 Å². The first-order valence-electron chi connectivity index (χ1n) is 10.7. The maximum absolute atomic E-state index is 12.6. The Hall–Kier alpha value is -1.36. The van der Waals surface area contributed by atoms with Crippen LogP contribution >= 0.6 is 34.9 Å². The van der Waals surface area contributed by atoms with Crippen molar-refractivity contribution in [2.45, 2.75) is 74.7 Å². The zero-order chi connectivity index (χ0) is 21.8. The van der Waals surface area contributed by atoms with Crippen molar-refractivity contribution in [1.29, 1.82) is 0 Å². The normalized spacial score (nSPS) is 18.4. The summed E-state index contributed by atoms with van der Waals surface area (Å²) in [5.41, 5.74) is 1.93. The van der Waals surface area contributed by atoms with Gasteiger partial charge in [-0.2, -0.15) is 0 Å². The number of aromatic nitrogens is 4. The molecule has 31 heavy (non-hydrogen) atoms. The number of hydrogen-bond donors (Lipinski definition) is 0. The van der Waals surface area contributed by atoms with Crippen LogP contribution in [-0.2, 0) is 22.6 Å². The monoisotopic (exact) mass is 477 g/mol. The lowest BCUT2D eigenvalue weighted by Gasteiger charge is -2.30. The molecule has 0 unspecified atom stereocenters. The van der Waals surface area contributed by atoms with Crippen LogP contribution in [0.25, 0.3) is 15.9 Å². The molecular formula is C21H27N5O2S3. The van der Waals surface area contributed by atoms with Gasteiger partial charge >= 0.3 is 0 Å². The van der Waals surface area contributed by atoms with Gasteiger partial charge in [-0.1, -0.05) is 37.4 Å². The van der Waals surface area contributed by atoms with Gasteiger partial charge < -0.3 is 9.64 Å². The van der Waals surface area contributed by atoms with E-state index in [2.05, 4.69) is 42.3 Å². The predicted octanol–water partition coefficient (Wildman–Crippen LogP) is 4.41. The molecule has 166 valence electrons. The molecule has 0 radical (unpaired) electrons. The van der Waals surface area contributed by atoms with Gasteiger partial charge in [-0.25, -0.2) is 9.38 Å². The summed E-state index contributed by atoms with van der Waals surface area (Å²) < 4.78 is 8.10. The van der Waals surface area contributed by atoms with Gasteiger partial charge in [-0.15, -0.1) is 21.5 Å². The van der Waals surface area contributed by atoms with Gasteiger partial charge in [0.05, 0.1) is 23.3 Å². The molecule has 0 saturated carbocycles. The predicted molar refractivity (Wildman–Crippen MR) is 126 cm³/mol. The minimum atomic E-state index is -0.205. The zero-order valence-electron chi connectivity index (χ0n) is 18.3. The number of rotatable bonds is 5.